The Balaban J connectivity index is 1.82. The molecule has 0 unspecified atom stereocenters. The zero-order chi connectivity index (χ0) is 20.7. The van der Waals surface area contributed by atoms with Crippen LogP contribution in [-0.2, 0) is 0 Å². The van der Waals surface area contributed by atoms with E-state index in [0.717, 1.165) is 10.6 Å². The van der Waals surface area contributed by atoms with E-state index in [1.807, 2.05) is 0 Å². The number of nitrogen functional groups attached to an aromatic ring is 1. The van der Waals surface area contributed by atoms with Crippen LogP contribution in [0.25, 0.3) is 5.69 Å². The Morgan fingerprint density at radius 2 is 1.69 bits per heavy atom. The number of fused-ring (bicyclic) bond motifs is 1. The third-order valence-electron chi connectivity index (χ3n) is 4.44. The molecule has 0 atom stereocenters. The molecule has 3 amide bonds. The molecule has 4 N–H and O–H groups in total. The maximum atomic E-state index is 13.1. The van der Waals surface area contributed by atoms with Gasteiger partial charge in [-0.25, -0.2) is 4.39 Å². The number of carbonyl (C=O) groups is 3. The summed E-state index contributed by atoms with van der Waals surface area (Å²) in [4.78, 5) is 49.3. The molecule has 1 aromatic heterocycles. The fraction of sp³-hybridized carbons (Fsp3) is 0. The Hall–Kier alpha value is -4.27. The highest BCUT2D eigenvalue weighted by Crippen LogP contribution is 2.25. The van der Waals surface area contributed by atoms with Crippen LogP contribution in [0.15, 0.2) is 59.4 Å². The molecule has 29 heavy (non-hydrogen) atoms. The van der Waals surface area contributed by atoms with E-state index in [9.17, 15) is 23.6 Å². The number of halogens is 1. The number of nitrogens with one attached hydrogen (secondary N) is 2. The first-order valence-corrected chi connectivity index (χ1v) is 8.44. The van der Waals surface area contributed by atoms with Crippen molar-refractivity contribution in [3.8, 4) is 5.69 Å². The van der Waals surface area contributed by atoms with Crippen molar-refractivity contribution >= 4 is 29.2 Å². The molecule has 0 aliphatic carbocycles. The van der Waals surface area contributed by atoms with E-state index in [1.165, 1.54) is 36.4 Å². The summed E-state index contributed by atoms with van der Waals surface area (Å²) < 4.78 is 14.1. The number of benzene rings is 2. The van der Waals surface area contributed by atoms with Gasteiger partial charge in [0.1, 0.15) is 11.6 Å². The largest absolute Gasteiger partial charge is 0.384 e. The molecule has 1 aliphatic rings. The molecule has 0 saturated heterocycles. The highest BCUT2D eigenvalue weighted by Gasteiger charge is 2.32. The van der Waals surface area contributed by atoms with Crippen LogP contribution in [0, 0.1) is 5.82 Å². The van der Waals surface area contributed by atoms with Crippen LogP contribution in [-0.4, -0.2) is 22.3 Å². The van der Waals surface area contributed by atoms with Crippen molar-refractivity contribution < 1.29 is 18.8 Å². The number of nitrogens with two attached hydrogens (primary N) is 1. The van der Waals surface area contributed by atoms with Gasteiger partial charge in [-0.05, 0) is 36.4 Å². The summed E-state index contributed by atoms with van der Waals surface area (Å²) in [5.41, 5.74) is 5.71. The SMILES string of the molecule is Nc1c2c(cc(=O)n1-c1ccccc1C(=O)Nc1ccc(F)cc1)C(=O)NC2=O. The molecule has 2 heterocycles. The molecule has 3 aromatic rings. The van der Waals surface area contributed by atoms with Gasteiger partial charge in [-0.2, -0.15) is 0 Å². The van der Waals surface area contributed by atoms with Crippen molar-refractivity contribution in [1.29, 1.82) is 0 Å². The van der Waals surface area contributed by atoms with E-state index in [2.05, 4.69) is 10.6 Å². The standard InChI is InChI=1S/C20H13FN4O4/c21-10-5-7-11(8-6-10)23-18(27)12-3-1-2-4-14(12)25-15(26)9-13-16(17(25)22)20(29)24-19(13)28/h1-9H,22H2,(H,23,27)(H,24,28,29). The number of pyridine rings is 1. The lowest BCUT2D eigenvalue weighted by atomic mass is 10.1. The minimum atomic E-state index is -0.718. The van der Waals surface area contributed by atoms with Crippen molar-refractivity contribution in [3.05, 3.63) is 87.5 Å². The minimum Gasteiger partial charge on any atom is -0.384 e. The first-order chi connectivity index (χ1) is 13.9. The molecule has 0 radical (unpaired) electrons. The van der Waals surface area contributed by atoms with Gasteiger partial charge >= 0.3 is 0 Å². The summed E-state index contributed by atoms with van der Waals surface area (Å²) >= 11 is 0. The average Bonchev–Trinajstić information content (AvgIpc) is 2.97. The third kappa shape index (κ3) is 3.04. The molecule has 1 aliphatic heterocycles. The second-order valence-corrected chi connectivity index (χ2v) is 6.25. The van der Waals surface area contributed by atoms with Crippen molar-refractivity contribution in [2.45, 2.75) is 0 Å². The summed E-state index contributed by atoms with van der Waals surface area (Å²) in [5.74, 6) is -2.70. The van der Waals surface area contributed by atoms with E-state index < -0.39 is 29.1 Å². The fourth-order valence-electron chi connectivity index (χ4n) is 3.12. The molecule has 9 heteroatoms. The summed E-state index contributed by atoms with van der Waals surface area (Å²) in [5, 5.41) is 4.69. The Labute approximate surface area is 162 Å². The summed E-state index contributed by atoms with van der Waals surface area (Å²) in [6, 6.07) is 12.3. The number of anilines is 2. The topological polar surface area (TPSA) is 123 Å². The fourth-order valence-corrected chi connectivity index (χ4v) is 3.12. The maximum absolute atomic E-state index is 13.1. The Bertz CT molecular complexity index is 1250. The first kappa shape index (κ1) is 18.1. The maximum Gasteiger partial charge on any atom is 0.262 e. The monoisotopic (exact) mass is 392 g/mol. The van der Waals surface area contributed by atoms with Crippen LogP contribution in [0.5, 0.6) is 0 Å². The predicted molar refractivity (Wildman–Crippen MR) is 103 cm³/mol. The number of imide groups is 1. The van der Waals surface area contributed by atoms with Crippen molar-refractivity contribution in [3.63, 3.8) is 0 Å². The van der Waals surface area contributed by atoms with E-state index in [4.69, 9.17) is 5.73 Å². The van der Waals surface area contributed by atoms with Gasteiger partial charge in [0.05, 0.1) is 22.4 Å². The Morgan fingerprint density at radius 3 is 2.41 bits per heavy atom. The van der Waals surface area contributed by atoms with Crippen molar-refractivity contribution in [2.24, 2.45) is 0 Å². The van der Waals surface area contributed by atoms with Gasteiger partial charge in [0.2, 0.25) is 0 Å². The van der Waals surface area contributed by atoms with Crippen LogP contribution in [0.3, 0.4) is 0 Å². The lowest BCUT2D eigenvalue weighted by Crippen LogP contribution is -2.26. The molecular formula is C20H13FN4O4. The van der Waals surface area contributed by atoms with E-state index in [1.54, 1.807) is 12.1 Å². The molecule has 8 nitrogen and oxygen atoms in total. The minimum absolute atomic E-state index is 0.0929. The van der Waals surface area contributed by atoms with Crippen molar-refractivity contribution in [2.75, 3.05) is 11.1 Å². The van der Waals surface area contributed by atoms with Gasteiger partial charge in [0, 0.05) is 11.8 Å². The van der Waals surface area contributed by atoms with Crippen LogP contribution < -0.4 is 21.9 Å². The summed E-state index contributed by atoms with van der Waals surface area (Å²) in [7, 11) is 0. The van der Waals surface area contributed by atoms with Gasteiger partial charge in [-0.15, -0.1) is 0 Å². The quantitative estimate of drug-likeness (QED) is 0.586. The molecule has 0 bridgehead atoms. The number of carbonyl (C=O) groups excluding carboxylic acids is 3. The van der Waals surface area contributed by atoms with Crippen LogP contribution in [0.4, 0.5) is 15.9 Å². The Kier molecular flexibility index (Phi) is 4.19. The number of nitrogens with zero attached hydrogens (tertiary/aromatic N) is 1. The highest BCUT2D eigenvalue weighted by molar-refractivity contribution is 6.23. The van der Waals surface area contributed by atoms with E-state index >= 15 is 0 Å². The average molecular weight is 392 g/mol. The van der Waals surface area contributed by atoms with E-state index in [-0.39, 0.29) is 28.2 Å². The number of hydrogen-bond donors (Lipinski definition) is 3. The second-order valence-electron chi connectivity index (χ2n) is 6.25. The third-order valence-corrected chi connectivity index (χ3v) is 4.44. The van der Waals surface area contributed by atoms with Crippen LogP contribution in [0.1, 0.15) is 31.1 Å². The number of rotatable bonds is 3. The van der Waals surface area contributed by atoms with Crippen LogP contribution in [0.2, 0.25) is 0 Å². The molecular weight excluding hydrogens is 379 g/mol. The van der Waals surface area contributed by atoms with Gasteiger partial charge < -0.3 is 11.1 Å². The van der Waals surface area contributed by atoms with Crippen molar-refractivity contribution in [1.82, 2.24) is 9.88 Å². The zero-order valence-corrected chi connectivity index (χ0v) is 14.7. The van der Waals surface area contributed by atoms with Gasteiger partial charge in [0.15, 0.2) is 0 Å². The molecule has 4 rings (SSSR count). The lowest BCUT2D eigenvalue weighted by molar-refractivity contribution is 0.0879. The highest BCUT2D eigenvalue weighted by atomic mass is 19.1. The van der Waals surface area contributed by atoms with Crippen LogP contribution >= 0.6 is 0 Å². The number of aromatic nitrogens is 1. The number of para-hydroxylation sites is 1. The predicted octanol–water partition coefficient (Wildman–Crippen LogP) is 1.69. The van der Waals surface area contributed by atoms with Gasteiger partial charge in [0.25, 0.3) is 23.3 Å². The number of hydrogen-bond acceptors (Lipinski definition) is 5. The summed E-state index contributed by atoms with van der Waals surface area (Å²) in [6.45, 7) is 0. The zero-order valence-electron chi connectivity index (χ0n) is 14.7. The second kappa shape index (κ2) is 6.71. The Morgan fingerprint density at radius 1 is 1.00 bits per heavy atom. The van der Waals surface area contributed by atoms with E-state index in [0.29, 0.717) is 5.69 Å². The lowest BCUT2D eigenvalue weighted by Gasteiger charge is -2.15. The van der Waals surface area contributed by atoms with Gasteiger partial charge in [-0.3, -0.25) is 29.1 Å². The first-order valence-electron chi connectivity index (χ1n) is 8.44. The molecule has 0 saturated carbocycles. The van der Waals surface area contributed by atoms with Gasteiger partial charge in [-0.1, -0.05) is 12.1 Å². The molecule has 144 valence electrons. The molecule has 2 aromatic carbocycles. The smallest absolute Gasteiger partial charge is 0.262 e. The summed E-state index contributed by atoms with van der Waals surface area (Å²) in [6.07, 6.45) is 0. The molecule has 0 fully saturated rings. The molecule has 0 spiro atoms. The normalized spacial score (nSPS) is 12.4. The number of amides is 3.